The molecule has 0 aliphatic rings. The summed E-state index contributed by atoms with van der Waals surface area (Å²) in [4.78, 5) is 0. The highest BCUT2D eigenvalue weighted by atomic mass is 14.5. The lowest BCUT2D eigenvalue weighted by atomic mass is 9.66. The lowest BCUT2D eigenvalue weighted by Gasteiger charge is -2.34. The standard InChI is InChI=1S/C10H16N2/c1-5-6-10(7-11,8-12)9(2,3)4/h5,7,11H,1,6H2,2-4H3. The highest BCUT2D eigenvalue weighted by Gasteiger charge is 2.39. The van der Waals surface area contributed by atoms with Crippen LogP contribution in [0, 0.1) is 27.6 Å². The average molecular weight is 164 g/mol. The summed E-state index contributed by atoms with van der Waals surface area (Å²) >= 11 is 0. The topological polar surface area (TPSA) is 47.6 Å². The minimum atomic E-state index is -0.700. The van der Waals surface area contributed by atoms with E-state index in [4.69, 9.17) is 10.7 Å². The summed E-state index contributed by atoms with van der Waals surface area (Å²) in [6.07, 6.45) is 3.46. The van der Waals surface area contributed by atoms with Crippen LogP contribution < -0.4 is 0 Å². The first-order valence-corrected chi connectivity index (χ1v) is 3.97. The van der Waals surface area contributed by atoms with Crippen LogP contribution >= 0.6 is 0 Å². The Hall–Kier alpha value is -1.10. The number of hydrogen-bond acceptors (Lipinski definition) is 2. The molecule has 0 aromatic heterocycles. The van der Waals surface area contributed by atoms with Gasteiger partial charge in [-0.15, -0.1) is 6.58 Å². The van der Waals surface area contributed by atoms with E-state index in [1.165, 1.54) is 6.21 Å². The normalized spacial score (nSPS) is 15.8. The van der Waals surface area contributed by atoms with Crippen LogP contribution in [0.3, 0.4) is 0 Å². The van der Waals surface area contributed by atoms with Crippen LogP contribution in [0.15, 0.2) is 12.7 Å². The van der Waals surface area contributed by atoms with Crippen molar-refractivity contribution in [2.75, 3.05) is 0 Å². The zero-order valence-electron chi connectivity index (χ0n) is 8.02. The van der Waals surface area contributed by atoms with E-state index >= 15 is 0 Å². The maximum atomic E-state index is 8.99. The van der Waals surface area contributed by atoms with Crippen molar-refractivity contribution < 1.29 is 0 Å². The lowest BCUT2D eigenvalue weighted by molar-refractivity contribution is 0.244. The maximum absolute atomic E-state index is 8.99. The van der Waals surface area contributed by atoms with Gasteiger partial charge in [0.2, 0.25) is 0 Å². The number of allylic oxidation sites excluding steroid dienone is 1. The monoisotopic (exact) mass is 164 g/mol. The first-order valence-electron chi connectivity index (χ1n) is 3.97. The van der Waals surface area contributed by atoms with Gasteiger partial charge in [-0.2, -0.15) is 5.26 Å². The van der Waals surface area contributed by atoms with E-state index in [-0.39, 0.29) is 5.41 Å². The highest BCUT2D eigenvalue weighted by Crippen LogP contribution is 2.39. The van der Waals surface area contributed by atoms with Gasteiger partial charge in [-0.1, -0.05) is 26.8 Å². The molecule has 0 heterocycles. The Balaban J connectivity index is 4.98. The molecule has 0 rings (SSSR count). The van der Waals surface area contributed by atoms with E-state index in [0.717, 1.165) is 0 Å². The Morgan fingerprint density at radius 3 is 2.08 bits per heavy atom. The number of hydrogen-bond donors (Lipinski definition) is 1. The van der Waals surface area contributed by atoms with Crippen LogP contribution in [0.25, 0.3) is 0 Å². The minimum absolute atomic E-state index is 0.211. The fourth-order valence-electron chi connectivity index (χ4n) is 1.05. The molecule has 1 N–H and O–H groups in total. The fourth-order valence-corrected chi connectivity index (χ4v) is 1.05. The Morgan fingerprint density at radius 2 is 2.00 bits per heavy atom. The molecule has 0 spiro atoms. The molecular weight excluding hydrogens is 148 g/mol. The fraction of sp³-hybridized carbons (Fsp3) is 0.600. The third-order valence-electron chi connectivity index (χ3n) is 2.25. The minimum Gasteiger partial charge on any atom is -0.311 e. The molecule has 2 nitrogen and oxygen atoms in total. The van der Waals surface area contributed by atoms with Crippen molar-refractivity contribution in [3.63, 3.8) is 0 Å². The van der Waals surface area contributed by atoms with Gasteiger partial charge in [0, 0.05) is 6.21 Å². The van der Waals surface area contributed by atoms with Gasteiger partial charge in [-0.25, -0.2) is 0 Å². The molecule has 0 radical (unpaired) electrons. The molecule has 0 saturated heterocycles. The summed E-state index contributed by atoms with van der Waals surface area (Å²) in [6, 6.07) is 2.19. The van der Waals surface area contributed by atoms with Crippen molar-refractivity contribution in [1.29, 1.82) is 10.7 Å². The van der Waals surface area contributed by atoms with Crippen LogP contribution in [0.4, 0.5) is 0 Å². The Labute approximate surface area is 74.4 Å². The van der Waals surface area contributed by atoms with Crippen molar-refractivity contribution in [2.24, 2.45) is 10.8 Å². The van der Waals surface area contributed by atoms with E-state index in [9.17, 15) is 0 Å². The molecule has 0 fully saturated rings. The summed E-state index contributed by atoms with van der Waals surface area (Å²) < 4.78 is 0. The predicted octanol–water partition coefficient (Wildman–Crippen LogP) is 2.77. The Bertz CT molecular complexity index is 217. The van der Waals surface area contributed by atoms with E-state index in [0.29, 0.717) is 6.42 Å². The molecule has 0 saturated carbocycles. The quantitative estimate of drug-likeness (QED) is 0.506. The number of nitrogens with zero attached hydrogens (tertiary/aromatic N) is 1. The van der Waals surface area contributed by atoms with Crippen molar-refractivity contribution in [3.05, 3.63) is 12.7 Å². The molecular formula is C10H16N2. The van der Waals surface area contributed by atoms with Crippen LogP contribution in [0.5, 0.6) is 0 Å². The third kappa shape index (κ3) is 1.73. The zero-order valence-corrected chi connectivity index (χ0v) is 8.02. The number of rotatable bonds is 3. The van der Waals surface area contributed by atoms with Gasteiger partial charge in [0.25, 0.3) is 0 Å². The van der Waals surface area contributed by atoms with Crippen LogP contribution in [0.1, 0.15) is 27.2 Å². The smallest absolute Gasteiger partial charge is 0.0998 e. The molecule has 1 atom stereocenters. The van der Waals surface area contributed by atoms with E-state index < -0.39 is 5.41 Å². The summed E-state index contributed by atoms with van der Waals surface area (Å²) in [5.41, 5.74) is -0.910. The molecule has 0 aliphatic carbocycles. The summed E-state index contributed by atoms with van der Waals surface area (Å²) in [5.74, 6) is 0. The Kier molecular flexibility index (Phi) is 3.21. The zero-order chi connectivity index (χ0) is 9.83. The Morgan fingerprint density at radius 1 is 1.50 bits per heavy atom. The average Bonchev–Trinajstić information content (AvgIpc) is 1.98. The van der Waals surface area contributed by atoms with Crippen LogP contribution in [-0.4, -0.2) is 6.21 Å². The van der Waals surface area contributed by atoms with E-state index in [1.54, 1.807) is 6.08 Å². The van der Waals surface area contributed by atoms with Crippen LogP contribution in [0.2, 0.25) is 0 Å². The third-order valence-corrected chi connectivity index (χ3v) is 2.25. The van der Waals surface area contributed by atoms with E-state index in [2.05, 4.69) is 12.6 Å². The maximum Gasteiger partial charge on any atom is 0.0998 e. The molecule has 66 valence electrons. The van der Waals surface area contributed by atoms with Crippen molar-refractivity contribution >= 4 is 6.21 Å². The van der Waals surface area contributed by atoms with Gasteiger partial charge in [0.05, 0.1) is 11.5 Å². The molecule has 1 unspecified atom stereocenters. The molecule has 0 aliphatic heterocycles. The van der Waals surface area contributed by atoms with Crippen LogP contribution in [-0.2, 0) is 0 Å². The van der Waals surface area contributed by atoms with Gasteiger partial charge in [-0.3, -0.25) is 0 Å². The first-order chi connectivity index (χ1) is 5.43. The highest BCUT2D eigenvalue weighted by molar-refractivity contribution is 5.68. The van der Waals surface area contributed by atoms with Gasteiger partial charge in [-0.05, 0) is 11.8 Å². The molecule has 0 bridgehead atoms. The van der Waals surface area contributed by atoms with Crippen molar-refractivity contribution in [2.45, 2.75) is 27.2 Å². The van der Waals surface area contributed by atoms with E-state index in [1.807, 2.05) is 20.8 Å². The van der Waals surface area contributed by atoms with Crippen molar-refractivity contribution in [3.8, 4) is 6.07 Å². The summed E-state index contributed by atoms with van der Waals surface area (Å²) in [7, 11) is 0. The second-order valence-electron chi connectivity index (χ2n) is 3.97. The van der Waals surface area contributed by atoms with Gasteiger partial charge in [0.15, 0.2) is 0 Å². The van der Waals surface area contributed by atoms with Gasteiger partial charge >= 0.3 is 0 Å². The largest absolute Gasteiger partial charge is 0.311 e. The lowest BCUT2D eigenvalue weighted by Crippen LogP contribution is -2.35. The van der Waals surface area contributed by atoms with Gasteiger partial charge < -0.3 is 5.41 Å². The number of nitriles is 1. The van der Waals surface area contributed by atoms with Gasteiger partial charge in [0.1, 0.15) is 0 Å². The van der Waals surface area contributed by atoms with Crippen molar-refractivity contribution in [1.82, 2.24) is 0 Å². The first kappa shape index (κ1) is 10.9. The molecule has 0 aromatic rings. The second kappa shape index (κ2) is 3.53. The predicted molar refractivity (Wildman–Crippen MR) is 51.1 cm³/mol. The summed E-state index contributed by atoms with van der Waals surface area (Å²) in [5, 5.41) is 16.3. The molecule has 2 heteroatoms. The second-order valence-corrected chi connectivity index (χ2v) is 3.97. The molecule has 0 amide bonds. The SMILES string of the molecule is C=CCC(C#N)(C=N)C(C)(C)C. The molecule has 12 heavy (non-hydrogen) atoms. The molecule has 0 aromatic carbocycles. The summed E-state index contributed by atoms with van der Waals surface area (Å²) in [6.45, 7) is 9.49. The number of nitrogens with one attached hydrogen (secondary N) is 1.